The Kier molecular flexibility index (Phi) is 7.94. The van der Waals surface area contributed by atoms with Crippen molar-refractivity contribution in [3.8, 4) is 17.2 Å². The lowest BCUT2D eigenvalue weighted by Gasteiger charge is -2.33. The molecule has 1 aromatic carbocycles. The third-order valence-corrected chi connectivity index (χ3v) is 6.84. The molecule has 0 aromatic heterocycles. The number of benzene rings is 1. The van der Waals surface area contributed by atoms with Crippen LogP contribution in [-0.4, -0.2) is 58.3 Å². The zero-order chi connectivity index (χ0) is 20.7. The van der Waals surface area contributed by atoms with Gasteiger partial charge in [0, 0.05) is 13.1 Å². The van der Waals surface area contributed by atoms with Crippen LogP contribution in [0.1, 0.15) is 38.2 Å². The van der Waals surface area contributed by atoms with E-state index in [-0.39, 0.29) is 18.2 Å². The second-order valence-electron chi connectivity index (χ2n) is 6.69. The van der Waals surface area contributed by atoms with E-state index in [1.807, 2.05) is 6.92 Å². The van der Waals surface area contributed by atoms with Crippen molar-refractivity contribution in [2.75, 3.05) is 33.6 Å². The first-order valence-electron chi connectivity index (χ1n) is 9.44. The van der Waals surface area contributed by atoms with Crippen LogP contribution in [0.4, 0.5) is 0 Å². The second kappa shape index (κ2) is 9.97. The van der Waals surface area contributed by atoms with Gasteiger partial charge in [-0.1, -0.05) is 13.3 Å². The Balaban J connectivity index is 2.14. The van der Waals surface area contributed by atoms with Gasteiger partial charge in [0.05, 0.1) is 27.1 Å². The molecular formula is C19H30N2O6S. The van der Waals surface area contributed by atoms with E-state index in [9.17, 15) is 13.2 Å². The molecule has 2 rings (SSSR count). The van der Waals surface area contributed by atoms with E-state index < -0.39 is 16.1 Å². The van der Waals surface area contributed by atoms with Crippen molar-refractivity contribution in [3.05, 3.63) is 17.7 Å². The van der Waals surface area contributed by atoms with Crippen LogP contribution in [0.5, 0.6) is 17.2 Å². The van der Waals surface area contributed by atoms with Crippen LogP contribution in [0.2, 0.25) is 0 Å². The summed E-state index contributed by atoms with van der Waals surface area (Å²) < 4.78 is 42.3. The van der Waals surface area contributed by atoms with Gasteiger partial charge in [-0.2, -0.15) is 4.31 Å². The summed E-state index contributed by atoms with van der Waals surface area (Å²) in [4.78, 5) is 12.8. The fourth-order valence-corrected chi connectivity index (χ4v) is 5.17. The summed E-state index contributed by atoms with van der Waals surface area (Å²) in [5.74, 6) is 1.24. The van der Waals surface area contributed by atoms with E-state index in [0.29, 0.717) is 36.6 Å². The predicted molar refractivity (Wildman–Crippen MR) is 106 cm³/mol. The number of nitrogens with one attached hydrogen (secondary N) is 1. The molecule has 158 valence electrons. The third kappa shape index (κ3) is 5.08. The first-order chi connectivity index (χ1) is 13.4. The quantitative estimate of drug-likeness (QED) is 0.664. The van der Waals surface area contributed by atoms with Gasteiger partial charge in [0.1, 0.15) is 6.04 Å². The molecule has 1 fully saturated rings. The Bertz CT molecular complexity index is 756. The van der Waals surface area contributed by atoms with Crippen molar-refractivity contribution in [1.82, 2.24) is 9.62 Å². The summed E-state index contributed by atoms with van der Waals surface area (Å²) in [5, 5.41) is 2.86. The first-order valence-corrected chi connectivity index (χ1v) is 11.0. The van der Waals surface area contributed by atoms with Crippen molar-refractivity contribution in [2.45, 2.75) is 45.2 Å². The molecule has 8 nitrogen and oxygen atoms in total. The molecule has 1 N–H and O–H groups in total. The number of sulfonamides is 1. The summed E-state index contributed by atoms with van der Waals surface area (Å²) >= 11 is 0. The second-order valence-corrected chi connectivity index (χ2v) is 8.73. The van der Waals surface area contributed by atoms with Gasteiger partial charge in [-0.05, 0) is 37.0 Å². The minimum Gasteiger partial charge on any atom is -0.493 e. The molecule has 0 bridgehead atoms. The fourth-order valence-electron chi connectivity index (χ4n) is 3.42. The molecule has 1 amide bonds. The molecule has 9 heteroatoms. The lowest BCUT2D eigenvalue weighted by molar-refractivity contribution is -0.125. The van der Waals surface area contributed by atoms with Crippen molar-refractivity contribution in [3.63, 3.8) is 0 Å². The topological polar surface area (TPSA) is 94.2 Å². The highest BCUT2D eigenvalue weighted by Gasteiger charge is 2.36. The number of hydrogen-bond acceptors (Lipinski definition) is 6. The van der Waals surface area contributed by atoms with Crippen LogP contribution in [0, 0.1) is 0 Å². The summed E-state index contributed by atoms with van der Waals surface area (Å²) in [7, 11) is 1.15. The predicted octanol–water partition coefficient (Wildman–Crippen LogP) is 1.92. The molecule has 1 aromatic rings. The SMILES string of the molecule is CCCS(=O)(=O)N1CCCCC1C(=O)NCc1cc(OC)c(OC)c(OC)c1. The average molecular weight is 415 g/mol. The number of nitrogens with zero attached hydrogens (tertiary/aromatic N) is 1. The van der Waals surface area contributed by atoms with E-state index >= 15 is 0 Å². The highest BCUT2D eigenvalue weighted by molar-refractivity contribution is 7.89. The normalized spacial score (nSPS) is 17.8. The zero-order valence-electron chi connectivity index (χ0n) is 17.0. The van der Waals surface area contributed by atoms with Crippen LogP contribution < -0.4 is 19.5 Å². The van der Waals surface area contributed by atoms with Crippen molar-refractivity contribution in [2.24, 2.45) is 0 Å². The molecule has 28 heavy (non-hydrogen) atoms. The molecule has 0 radical (unpaired) electrons. The van der Waals surface area contributed by atoms with Crippen molar-refractivity contribution < 1.29 is 27.4 Å². The van der Waals surface area contributed by atoms with Gasteiger partial charge < -0.3 is 19.5 Å². The van der Waals surface area contributed by atoms with E-state index in [2.05, 4.69) is 5.32 Å². The Labute approximate surface area is 167 Å². The van der Waals surface area contributed by atoms with Gasteiger partial charge in [-0.25, -0.2) is 8.42 Å². The van der Waals surface area contributed by atoms with Gasteiger partial charge in [-0.15, -0.1) is 0 Å². The number of carbonyl (C=O) groups is 1. The van der Waals surface area contributed by atoms with Gasteiger partial charge in [0.2, 0.25) is 21.7 Å². The van der Waals surface area contributed by atoms with Crippen molar-refractivity contribution >= 4 is 15.9 Å². The maximum Gasteiger partial charge on any atom is 0.238 e. The fraction of sp³-hybridized carbons (Fsp3) is 0.632. The van der Waals surface area contributed by atoms with E-state index in [1.54, 1.807) is 12.1 Å². The molecule has 1 saturated heterocycles. The number of ether oxygens (including phenoxy) is 3. The largest absolute Gasteiger partial charge is 0.493 e. The molecule has 1 unspecified atom stereocenters. The number of amides is 1. The lowest BCUT2D eigenvalue weighted by atomic mass is 10.0. The lowest BCUT2D eigenvalue weighted by Crippen LogP contribution is -2.52. The number of piperidine rings is 1. The standard InChI is InChI=1S/C19H30N2O6S/c1-5-10-28(23,24)21-9-7-6-8-15(21)19(22)20-13-14-11-16(25-2)18(27-4)17(12-14)26-3/h11-12,15H,5-10,13H2,1-4H3,(H,20,22). The Morgan fingerprint density at radius 1 is 1.14 bits per heavy atom. The highest BCUT2D eigenvalue weighted by atomic mass is 32.2. The number of methoxy groups -OCH3 is 3. The molecule has 0 saturated carbocycles. The molecule has 1 heterocycles. The highest BCUT2D eigenvalue weighted by Crippen LogP contribution is 2.38. The maximum atomic E-state index is 12.8. The van der Waals surface area contributed by atoms with Crippen LogP contribution in [0.25, 0.3) is 0 Å². The van der Waals surface area contributed by atoms with E-state index in [0.717, 1.165) is 18.4 Å². The van der Waals surface area contributed by atoms with Crippen LogP contribution in [-0.2, 0) is 21.4 Å². The summed E-state index contributed by atoms with van der Waals surface area (Å²) in [5.41, 5.74) is 0.765. The molecule has 1 atom stereocenters. The van der Waals surface area contributed by atoms with Gasteiger partial charge >= 0.3 is 0 Å². The number of rotatable bonds is 9. The molecule has 0 spiro atoms. The van der Waals surface area contributed by atoms with Crippen molar-refractivity contribution in [1.29, 1.82) is 0 Å². The minimum atomic E-state index is -3.42. The Morgan fingerprint density at radius 3 is 2.32 bits per heavy atom. The maximum absolute atomic E-state index is 12.8. The Hall–Kier alpha value is -2.00. The van der Waals surface area contributed by atoms with Gasteiger partial charge in [0.15, 0.2) is 11.5 Å². The van der Waals surface area contributed by atoms with Gasteiger partial charge in [-0.3, -0.25) is 4.79 Å². The monoisotopic (exact) mass is 414 g/mol. The summed E-state index contributed by atoms with van der Waals surface area (Å²) in [6, 6.07) is 2.86. The summed E-state index contributed by atoms with van der Waals surface area (Å²) in [6.45, 7) is 2.44. The zero-order valence-corrected chi connectivity index (χ0v) is 17.8. The Morgan fingerprint density at radius 2 is 1.79 bits per heavy atom. The number of carbonyl (C=O) groups excluding carboxylic acids is 1. The molecule has 1 aliphatic heterocycles. The third-order valence-electron chi connectivity index (χ3n) is 4.77. The number of hydrogen-bond donors (Lipinski definition) is 1. The molecule has 1 aliphatic rings. The first kappa shape index (κ1) is 22.3. The van der Waals surface area contributed by atoms with Crippen LogP contribution >= 0.6 is 0 Å². The average Bonchev–Trinajstić information content (AvgIpc) is 2.70. The summed E-state index contributed by atoms with van der Waals surface area (Å²) in [6.07, 6.45) is 2.67. The molecular weight excluding hydrogens is 384 g/mol. The van der Waals surface area contributed by atoms with Crippen LogP contribution in [0.15, 0.2) is 12.1 Å². The van der Waals surface area contributed by atoms with Gasteiger partial charge in [0.25, 0.3) is 0 Å². The van der Waals surface area contributed by atoms with E-state index in [1.165, 1.54) is 25.6 Å². The van der Waals surface area contributed by atoms with E-state index in [4.69, 9.17) is 14.2 Å². The smallest absolute Gasteiger partial charge is 0.238 e. The molecule has 0 aliphatic carbocycles. The minimum absolute atomic E-state index is 0.0592. The van der Waals surface area contributed by atoms with Crippen LogP contribution in [0.3, 0.4) is 0 Å².